The first-order valence-electron chi connectivity index (χ1n) is 10.2. The van der Waals surface area contributed by atoms with Gasteiger partial charge in [0.25, 0.3) is 0 Å². The van der Waals surface area contributed by atoms with Gasteiger partial charge in [-0.15, -0.1) is 11.6 Å². The zero-order valence-corrected chi connectivity index (χ0v) is 18.2. The van der Waals surface area contributed by atoms with Gasteiger partial charge in [-0.3, -0.25) is 0 Å². The van der Waals surface area contributed by atoms with Crippen LogP contribution < -0.4 is 0 Å². The number of rotatable bonds is 3. The van der Waals surface area contributed by atoms with Crippen LogP contribution in [0.3, 0.4) is 0 Å². The van der Waals surface area contributed by atoms with E-state index in [1.165, 1.54) is 12.1 Å². The second-order valence-electron chi connectivity index (χ2n) is 8.13. The Bertz CT molecular complexity index is 1360. The number of aromatic nitrogens is 2. The lowest BCUT2D eigenvalue weighted by atomic mass is 9.82. The number of halogens is 4. The molecule has 2 N–H and O–H groups in total. The molecule has 32 heavy (non-hydrogen) atoms. The van der Waals surface area contributed by atoms with Crippen molar-refractivity contribution in [2.45, 2.75) is 24.9 Å². The van der Waals surface area contributed by atoms with Crippen molar-refractivity contribution in [3.05, 3.63) is 106 Å². The molecule has 0 spiro atoms. The molecule has 5 rings (SSSR count). The number of hydrogen-bond donors (Lipinski definition) is 2. The lowest BCUT2D eigenvalue weighted by Gasteiger charge is -2.29. The molecule has 0 bridgehead atoms. The molecular formula is C26H20ClF3N2. The molecule has 2 nitrogen and oxygen atoms in total. The molecule has 0 fully saturated rings. The Morgan fingerprint density at radius 3 is 1.53 bits per heavy atom. The van der Waals surface area contributed by atoms with Crippen molar-refractivity contribution in [3.63, 3.8) is 0 Å². The summed E-state index contributed by atoms with van der Waals surface area (Å²) in [5.74, 6) is 0. The zero-order chi connectivity index (χ0) is 22.7. The van der Waals surface area contributed by atoms with Crippen molar-refractivity contribution in [2.75, 3.05) is 0 Å². The third-order valence-corrected chi connectivity index (χ3v) is 6.81. The third-order valence-electron chi connectivity index (χ3n) is 6.18. The summed E-state index contributed by atoms with van der Waals surface area (Å²) in [5.41, 5.74) is 5.39. The van der Waals surface area contributed by atoms with Gasteiger partial charge in [-0.2, -0.15) is 13.2 Å². The Morgan fingerprint density at radius 1 is 0.656 bits per heavy atom. The van der Waals surface area contributed by atoms with Gasteiger partial charge in [0.2, 0.25) is 0 Å². The van der Waals surface area contributed by atoms with Crippen LogP contribution in [0.1, 0.15) is 33.4 Å². The molecule has 0 saturated carbocycles. The van der Waals surface area contributed by atoms with Gasteiger partial charge in [0.15, 0.2) is 0 Å². The maximum Gasteiger partial charge on any atom is 0.416 e. The van der Waals surface area contributed by atoms with Gasteiger partial charge in [-0.05, 0) is 54.8 Å². The Kier molecular flexibility index (Phi) is 4.64. The van der Waals surface area contributed by atoms with Gasteiger partial charge in [0.05, 0.1) is 5.56 Å². The van der Waals surface area contributed by atoms with Crippen molar-refractivity contribution in [1.29, 1.82) is 0 Å². The van der Waals surface area contributed by atoms with Crippen LogP contribution in [0.25, 0.3) is 21.8 Å². The molecule has 0 unspecified atom stereocenters. The van der Waals surface area contributed by atoms with Crippen LogP contribution in [0.15, 0.2) is 73.1 Å². The standard InChI is InChI=1S/C26H20ClF3N2/c1-15-5-3-7-21-23(15)19(13-31-21)25(27,17-9-11-18(12-10-17)26(28,29)30)20-14-32-22-8-4-6-16(2)24(20)22/h3-14,31-32H,1-2H3. The SMILES string of the molecule is Cc1cccc2[nH]cc(C(Cl)(c3ccc(C(F)(F)F)cc3)c3c[nH]c4cccc(C)c34)c12. The minimum Gasteiger partial charge on any atom is -0.361 e. The molecule has 0 aliphatic heterocycles. The summed E-state index contributed by atoms with van der Waals surface area (Å²) in [7, 11) is 0. The minimum absolute atomic E-state index is 0.570. The van der Waals surface area contributed by atoms with Gasteiger partial charge in [0, 0.05) is 45.3 Å². The molecule has 2 aromatic heterocycles. The molecule has 0 amide bonds. The third kappa shape index (κ3) is 3.03. The molecule has 0 aliphatic rings. The van der Waals surface area contributed by atoms with E-state index in [2.05, 4.69) is 9.97 Å². The van der Waals surface area contributed by atoms with Gasteiger partial charge in [0.1, 0.15) is 4.87 Å². The Morgan fingerprint density at radius 2 is 1.09 bits per heavy atom. The Labute approximate surface area is 188 Å². The number of alkyl halides is 4. The van der Waals surface area contributed by atoms with Crippen molar-refractivity contribution in [3.8, 4) is 0 Å². The molecule has 0 atom stereocenters. The lowest BCUT2D eigenvalue weighted by molar-refractivity contribution is -0.137. The fraction of sp³-hybridized carbons (Fsp3) is 0.154. The quantitative estimate of drug-likeness (QED) is 0.261. The van der Waals surface area contributed by atoms with Crippen LogP contribution in [-0.2, 0) is 11.1 Å². The lowest BCUT2D eigenvalue weighted by Crippen LogP contribution is -2.22. The summed E-state index contributed by atoms with van der Waals surface area (Å²) in [4.78, 5) is 5.37. The number of benzene rings is 3. The van der Waals surface area contributed by atoms with Crippen LogP contribution in [-0.4, -0.2) is 9.97 Å². The van der Waals surface area contributed by atoms with Crippen molar-refractivity contribution < 1.29 is 13.2 Å². The Hall–Kier alpha value is -3.18. The number of H-pyrrole nitrogens is 2. The fourth-order valence-corrected chi connectivity index (χ4v) is 5.05. The monoisotopic (exact) mass is 452 g/mol. The van der Waals surface area contributed by atoms with E-state index in [0.29, 0.717) is 5.56 Å². The predicted molar refractivity (Wildman–Crippen MR) is 123 cm³/mol. The largest absolute Gasteiger partial charge is 0.416 e. The van der Waals surface area contributed by atoms with Crippen LogP contribution in [0, 0.1) is 13.8 Å². The summed E-state index contributed by atoms with van der Waals surface area (Å²) in [6.45, 7) is 4.01. The van der Waals surface area contributed by atoms with E-state index in [9.17, 15) is 13.2 Å². The second-order valence-corrected chi connectivity index (χ2v) is 8.70. The maximum absolute atomic E-state index is 13.2. The molecule has 162 valence electrons. The number of hydrogen-bond acceptors (Lipinski definition) is 0. The first kappa shape index (κ1) is 20.7. The summed E-state index contributed by atoms with van der Waals surface area (Å²) < 4.78 is 39.7. The predicted octanol–water partition coefficient (Wildman–Crippen LogP) is 7.82. The molecule has 2 heterocycles. The summed E-state index contributed by atoms with van der Waals surface area (Å²) >= 11 is 7.55. The van der Waals surface area contributed by atoms with Gasteiger partial charge in [-0.1, -0.05) is 36.4 Å². The Balaban J connectivity index is 1.85. The van der Waals surface area contributed by atoms with Crippen LogP contribution in [0.5, 0.6) is 0 Å². The van der Waals surface area contributed by atoms with Gasteiger partial charge >= 0.3 is 6.18 Å². The molecule has 0 saturated heterocycles. The van der Waals surface area contributed by atoms with Crippen molar-refractivity contribution in [1.82, 2.24) is 9.97 Å². The molecule has 6 heteroatoms. The highest BCUT2D eigenvalue weighted by atomic mass is 35.5. The van der Waals surface area contributed by atoms with Crippen LogP contribution in [0.4, 0.5) is 13.2 Å². The molecule has 0 radical (unpaired) electrons. The van der Waals surface area contributed by atoms with Gasteiger partial charge < -0.3 is 9.97 Å². The van der Waals surface area contributed by atoms with E-state index in [1.807, 2.05) is 62.6 Å². The first-order valence-corrected chi connectivity index (χ1v) is 10.6. The average Bonchev–Trinajstić information content (AvgIpc) is 3.39. The van der Waals surface area contributed by atoms with E-state index in [0.717, 1.165) is 56.2 Å². The fourth-order valence-electron chi connectivity index (χ4n) is 4.62. The van der Waals surface area contributed by atoms with E-state index in [1.54, 1.807) is 0 Å². The molecule has 0 aliphatic carbocycles. The highest BCUT2D eigenvalue weighted by Gasteiger charge is 2.40. The molecule has 5 aromatic rings. The van der Waals surface area contributed by atoms with Crippen LogP contribution >= 0.6 is 11.6 Å². The van der Waals surface area contributed by atoms with E-state index >= 15 is 0 Å². The summed E-state index contributed by atoms with van der Waals surface area (Å²) in [6, 6.07) is 17.0. The number of aryl methyl sites for hydroxylation is 2. The van der Waals surface area contributed by atoms with E-state index < -0.39 is 16.6 Å². The normalized spacial score (nSPS) is 12.7. The van der Waals surface area contributed by atoms with Crippen molar-refractivity contribution >= 4 is 33.4 Å². The topological polar surface area (TPSA) is 31.6 Å². The van der Waals surface area contributed by atoms with Crippen LogP contribution in [0.2, 0.25) is 0 Å². The summed E-state index contributed by atoms with van der Waals surface area (Å²) in [6.07, 6.45) is -0.693. The number of nitrogens with one attached hydrogen (secondary N) is 2. The number of aromatic amines is 2. The van der Waals surface area contributed by atoms with Gasteiger partial charge in [-0.25, -0.2) is 0 Å². The summed E-state index contributed by atoms with van der Waals surface area (Å²) in [5, 5.41) is 1.93. The van der Waals surface area contributed by atoms with E-state index in [4.69, 9.17) is 11.6 Å². The highest BCUT2D eigenvalue weighted by molar-refractivity contribution is 6.30. The zero-order valence-electron chi connectivity index (χ0n) is 17.4. The highest BCUT2D eigenvalue weighted by Crippen LogP contribution is 2.49. The van der Waals surface area contributed by atoms with E-state index in [-0.39, 0.29) is 0 Å². The maximum atomic E-state index is 13.2. The first-order chi connectivity index (χ1) is 15.2. The average molecular weight is 453 g/mol. The van der Waals surface area contributed by atoms with Crippen molar-refractivity contribution in [2.24, 2.45) is 0 Å². The minimum atomic E-state index is -4.41. The molecular weight excluding hydrogens is 433 g/mol. The second kappa shape index (κ2) is 7.17. The number of fused-ring (bicyclic) bond motifs is 2. The smallest absolute Gasteiger partial charge is 0.361 e. The molecule has 3 aromatic carbocycles.